The first-order valence-corrected chi connectivity index (χ1v) is 12.0. The molecule has 1 amide bonds. The van der Waals surface area contributed by atoms with Gasteiger partial charge in [-0.25, -0.2) is 9.97 Å². The Hall–Kier alpha value is -3.26. The van der Waals surface area contributed by atoms with Gasteiger partial charge in [-0.2, -0.15) is 0 Å². The Morgan fingerprint density at radius 3 is 2.58 bits per heavy atom. The van der Waals surface area contributed by atoms with Crippen LogP contribution in [0.15, 0.2) is 66.0 Å². The Labute approximate surface area is 199 Å². The molecule has 3 aromatic rings. The van der Waals surface area contributed by atoms with Crippen molar-refractivity contribution in [2.45, 2.75) is 18.6 Å². The maximum absolute atomic E-state index is 12.2. The van der Waals surface area contributed by atoms with Crippen molar-refractivity contribution < 1.29 is 9.53 Å². The van der Waals surface area contributed by atoms with E-state index in [4.69, 9.17) is 4.74 Å². The van der Waals surface area contributed by atoms with E-state index in [9.17, 15) is 4.79 Å². The number of carbonyl (C=O) groups is 1. The zero-order chi connectivity index (χ0) is 23.0. The van der Waals surface area contributed by atoms with Gasteiger partial charge in [0.05, 0.1) is 12.9 Å². The second-order valence-electron chi connectivity index (χ2n) is 7.92. The number of hydrogen-bond acceptors (Lipinski definition) is 7. The van der Waals surface area contributed by atoms with Gasteiger partial charge in [0.25, 0.3) is 0 Å². The highest BCUT2D eigenvalue weighted by Gasteiger charge is 2.19. The lowest BCUT2D eigenvalue weighted by atomic mass is 10.1. The van der Waals surface area contributed by atoms with Crippen LogP contribution in [0.2, 0.25) is 0 Å². The fourth-order valence-electron chi connectivity index (χ4n) is 3.67. The van der Waals surface area contributed by atoms with Crippen LogP contribution in [0.3, 0.4) is 0 Å². The summed E-state index contributed by atoms with van der Waals surface area (Å²) in [4.78, 5) is 25.9. The molecular weight excluding hydrogens is 434 g/mol. The molecule has 1 N–H and O–H groups in total. The lowest BCUT2D eigenvalue weighted by Gasteiger charge is -2.36. The summed E-state index contributed by atoms with van der Waals surface area (Å²) in [5.74, 6) is 2.04. The molecule has 0 aliphatic carbocycles. The van der Waals surface area contributed by atoms with E-state index >= 15 is 0 Å². The van der Waals surface area contributed by atoms with Crippen molar-refractivity contribution >= 4 is 29.2 Å². The lowest BCUT2D eigenvalue weighted by Crippen LogP contribution is -2.46. The van der Waals surface area contributed by atoms with Gasteiger partial charge in [0.2, 0.25) is 5.91 Å². The van der Waals surface area contributed by atoms with Gasteiger partial charge in [-0.1, -0.05) is 47.7 Å². The summed E-state index contributed by atoms with van der Waals surface area (Å²) < 4.78 is 5.35. The zero-order valence-corrected chi connectivity index (χ0v) is 19.8. The minimum atomic E-state index is -0.0264. The van der Waals surface area contributed by atoms with E-state index in [1.54, 1.807) is 13.3 Å². The molecule has 8 heteroatoms. The number of nitrogens with zero attached hydrogens (tertiary/aromatic N) is 4. The van der Waals surface area contributed by atoms with E-state index < -0.39 is 0 Å². The Balaban J connectivity index is 1.26. The Bertz CT molecular complexity index is 1070. The van der Waals surface area contributed by atoms with Gasteiger partial charge in [0.15, 0.2) is 5.16 Å². The number of aromatic nitrogens is 2. The topological polar surface area (TPSA) is 70.6 Å². The smallest absolute Gasteiger partial charge is 0.230 e. The molecule has 2 heterocycles. The molecule has 1 aliphatic rings. The molecular formula is C25H29N5O2S. The number of amides is 1. The van der Waals surface area contributed by atoms with Crippen LogP contribution < -0.4 is 19.9 Å². The first-order valence-electron chi connectivity index (χ1n) is 11.0. The van der Waals surface area contributed by atoms with E-state index in [1.165, 1.54) is 23.0 Å². The monoisotopic (exact) mass is 463 g/mol. The lowest BCUT2D eigenvalue weighted by molar-refractivity contribution is -0.118. The molecule has 0 saturated carbocycles. The number of nitrogens with one attached hydrogen (secondary N) is 1. The van der Waals surface area contributed by atoms with E-state index in [1.807, 2.05) is 49.4 Å². The predicted molar refractivity (Wildman–Crippen MR) is 133 cm³/mol. The fourth-order valence-corrected chi connectivity index (χ4v) is 4.32. The molecule has 2 aromatic carbocycles. The highest BCUT2D eigenvalue weighted by atomic mass is 32.2. The van der Waals surface area contributed by atoms with Gasteiger partial charge < -0.3 is 19.9 Å². The maximum Gasteiger partial charge on any atom is 0.230 e. The summed E-state index contributed by atoms with van der Waals surface area (Å²) in [6.07, 6.45) is 1.77. The average Bonchev–Trinajstić information content (AvgIpc) is 2.87. The van der Waals surface area contributed by atoms with Gasteiger partial charge in [0, 0.05) is 50.7 Å². The Morgan fingerprint density at radius 1 is 1.06 bits per heavy atom. The van der Waals surface area contributed by atoms with E-state index in [0.29, 0.717) is 17.5 Å². The van der Waals surface area contributed by atoms with Crippen LogP contribution >= 0.6 is 11.8 Å². The van der Waals surface area contributed by atoms with Crippen LogP contribution in [-0.2, 0) is 11.3 Å². The number of hydrogen-bond donors (Lipinski definition) is 1. The summed E-state index contributed by atoms with van der Waals surface area (Å²) in [5.41, 5.74) is 3.47. The first kappa shape index (κ1) is 22.9. The van der Waals surface area contributed by atoms with Crippen LogP contribution in [0, 0.1) is 6.92 Å². The number of anilines is 2. The number of aryl methyl sites for hydroxylation is 1. The number of piperazine rings is 1. The van der Waals surface area contributed by atoms with Gasteiger partial charge in [0.1, 0.15) is 11.6 Å². The molecule has 0 atom stereocenters. The highest BCUT2D eigenvalue weighted by molar-refractivity contribution is 7.99. The van der Waals surface area contributed by atoms with Gasteiger partial charge in [-0.3, -0.25) is 4.79 Å². The number of thioether (sulfide) groups is 1. The Morgan fingerprint density at radius 2 is 1.82 bits per heavy atom. The third-order valence-corrected chi connectivity index (χ3v) is 6.44. The molecule has 1 aromatic heterocycles. The van der Waals surface area contributed by atoms with E-state index in [0.717, 1.165) is 43.3 Å². The molecule has 0 spiro atoms. The normalized spacial score (nSPS) is 13.6. The number of carbonyl (C=O) groups excluding carboxylic acids is 1. The molecule has 1 saturated heterocycles. The van der Waals surface area contributed by atoms with Crippen molar-refractivity contribution in [3.05, 3.63) is 71.9 Å². The largest absolute Gasteiger partial charge is 0.497 e. The minimum absolute atomic E-state index is 0.0264. The van der Waals surface area contributed by atoms with Crippen molar-refractivity contribution in [1.29, 1.82) is 0 Å². The molecule has 172 valence electrons. The summed E-state index contributed by atoms with van der Waals surface area (Å²) in [6, 6.07) is 18.3. The third-order valence-electron chi connectivity index (χ3n) is 5.58. The van der Waals surface area contributed by atoms with Crippen LogP contribution in [0.25, 0.3) is 0 Å². The quantitative estimate of drug-likeness (QED) is 0.405. The summed E-state index contributed by atoms with van der Waals surface area (Å²) in [5, 5.41) is 3.57. The molecule has 4 rings (SSSR count). The molecule has 0 unspecified atom stereocenters. The van der Waals surface area contributed by atoms with Gasteiger partial charge in [-0.05, 0) is 30.7 Å². The van der Waals surface area contributed by atoms with Crippen LogP contribution in [-0.4, -0.2) is 54.9 Å². The molecule has 0 radical (unpaired) electrons. The fraction of sp³-hybridized carbons (Fsp3) is 0.320. The van der Waals surface area contributed by atoms with E-state index in [2.05, 4.69) is 37.2 Å². The number of methoxy groups -OCH3 is 1. The molecule has 33 heavy (non-hydrogen) atoms. The van der Waals surface area contributed by atoms with Crippen LogP contribution in [0.5, 0.6) is 5.75 Å². The molecule has 1 fully saturated rings. The van der Waals surface area contributed by atoms with Crippen LogP contribution in [0.1, 0.15) is 11.1 Å². The summed E-state index contributed by atoms with van der Waals surface area (Å²) >= 11 is 1.36. The number of ether oxygens (including phenoxy) is 1. The van der Waals surface area contributed by atoms with Crippen molar-refractivity contribution in [1.82, 2.24) is 15.3 Å². The van der Waals surface area contributed by atoms with Gasteiger partial charge >= 0.3 is 0 Å². The van der Waals surface area contributed by atoms with Crippen LogP contribution in [0.4, 0.5) is 11.5 Å². The van der Waals surface area contributed by atoms with E-state index in [-0.39, 0.29) is 5.91 Å². The SMILES string of the molecule is COc1cccc(N2CCN(c3ccnc(SCC(=O)NCc4ccc(C)cc4)n3)CC2)c1. The third kappa shape index (κ3) is 6.38. The minimum Gasteiger partial charge on any atom is -0.497 e. The second-order valence-corrected chi connectivity index (χ2v) is 8.87. The standard InChI is InChI=1S/C25H29N5O2S/c1-19-6-8-20(9-7-19)17-27-24(31)18-33-25-26-11-10-23(28-25)30-14-12-29(13-15-30)21-4-3-5-22(16-21)32-2/h3-11,16H,12-15,17-18H2,1-2H3,(H,27,31). The molecule has 1 aliphatic heterocycles. The van der Waals surface area contributed by atoms with Gasteiger partial charge in [-0.15, -0.1) is 0 Å². The van der Waals surface area contributed by atoms with Crippen molar-refractivity contribution in [3.63, 3.8) is 0 Å². The number of benzene rings is 2. The Kier molecular flexibility index (Phi) is 7.67. The zero-order valence-electron chi connectivity index (χ0n) is 19.0. The predicted octanol–water partition coefficient (Wildman–Crippen LogP) is 3.53. The summed E-state index contributed by atoms with van der Waals surface area (Å²) in [6.45, 7) is 6.12. The maximum atomic E-state index is 12.2. The average molecular weight is 464 g/mol. The van der Waals surface area contributed by atoms with Crippen molar-refractivity contribution in [2.24, 2.45) is 0 Å². The molecule has 0 bridgehead atoms. The molecule has 7 nitrogen and oxygen atoms in total. The van der Waals surface area contributed by atoms with Crippen molar-refractivity contribution in [2.75, 3.05) is 48.8 Å². The van der Waals surface area contributed by atoms with Crippen molar-refractivity contribution in [3.8, 4) is 5.75 Å². The second kappa shape index (κ2) is 11.0. The number of rotatable bonds is 8. The highest BCUT2D eigenvalue weighted by Crippen LogP contribution is 2.24. The summed E-state index contributed by atoms with van der Waals surface area (Å²) in [7, 11) is 1.69. The first-order chi connectivity index (χ1) is 16.1.